The number of nitrogen functional groups attached to an aromatic ring is 1. The van der Waals surface area contributed by atoms with Gasteiger partial charge in [0.1, 0.15) is 11.4 Å². The lowest BCUT2D eigenvalue weighted by Gasteiger charge is -1.97. The van der Waals surface area contributed by atoms with Gasteiger partial charge in [-0.3, -0.25) is 9.89 Å². The van der Waals surface area contributed by atoms with Crippen LogP contribution in [-0.4, -0.2) is 27.7 Å². The van der Waals surface area contributed by atoms with E-state index in [4.69, 9.17) is 5.73 Å². The molecular formula is C9H10N4O3. The van der Waals surface area contributed by atoms with Crippen molar-refractivity contribution >= 4 is 17.4 Å². The molecule has 0 amide bonds. The van der Waals surface area contributed by atoms with E-state index in [0.717, 1.165) is 4.52 Å². The van der Waals surface area contributed by atoms with E-state index in [0.29, 0.717) is 5.69 Å². The summed E-state index contributed by atoms with van der Waals surface area (Å²) in [5.41, 5.74) is 6.02. The number of fused-ring (bicyclic) bond motifs is 1. The molecule has 0 fully saturated rings. The lowest BCUT2D eigenvalue weighted by atomic mass is 10.3. The largest absolute Gasteiger partial charge is 0.465 e. The maximum atomic E-state index is 11.6. The molecule has 0 bridgehead atoms. The third kappa shape index (κ3) is 1.33. The van der Waals surface area contributed by atoms with Crippen molar-refractivity contribution in [1.82, 2.24) is 14.6 Å². The van der Waals surface area contributed by atoms with Gasteiger partial charge in [0.25, 0.3) is 5.56 Å². The third-order valence-electron chi connectivity index (χ3n) is 2.16. The Balaban J connectivity index is 2.89. The average Bonchev–Trinajstić information content (AvgIpc) is 2.54. The number of hydrogen-bond donors (Lipinski definition) is 2. The first kappa shape index (κ1) is 10.2. The number of ether oxygens (including phenoxy) is 1. The number of rotatable bonds is 1. The van der Waals surface area contributed by atoms with Crippen LogP contribution in [0.2, 0.25) is 0 Å². The van der Waals surface area contributed by atoms with Crippen LogP contribution < -0.4 is 11.3 Å². The summed E-state index contributed by atoms with van der Waals surface area (Å²) in [6, 6.07) is 1.34. The highest BCUT2D eigenvalue weighted by Crippen LogP contribution is 2.15. The molecule has 3 N–H and O–H groups in total. The van der Waals surface area contributed by atoms with Crippen LogP contribution in [0.1, 0.15) is 16.1 Å². The Morgan fingerprint density at radius 2 is 2.31 bits per heavy atom. The maximum absolute atomic E-state index is 11.6. The number of methoxy groups -OCH3 is 1. The van der Waals surface area contributed by atoms with Gasteiger partial charge in [0, 0.05) is 11.8 Å². The number of H-pyrrole nitrogens is 1. The normalized spacial score (nSPS) is 10.6. The number of aryl methyl sites for hydroxylation is 1. The van der Waals surface area contributed by atoms with Crippen LogP contribution in [0.4, 0.5) is 5.82 Å². The number of carbonyl (C=O) groups excluding carboxylic acids is 1. The molecule has 0 unspecified atom stereocenters. The van der Waals surface area contributed by atoms with Crippen molar-refractivity contribution in [3.63, 3.8) is 0 Å². The molecule has 16 heavy (non-hydrogen) atoms. The summed E-state index contributed by atoms with van der Waals surface area (Å²) in [6.45, 7) is 1.66. The second-order valence-electron chi connectivity index (χ2n) is 3.29. The van der Waals surface area contributed by atoms with Crippen LogP contribution in [0, 0.1) is 6.92 Å². The molecule has 84 valence electrons. The molecule has 7 heteroatoms. The number of nitrogens with one attached hydrogen (secondary N) is 1. The standard InChI is InChI=1S/C9H10N4O3/c1-4-3-5(14)13-8(11-4)6(7(10)12-13)9(15)16-2/h3,12H,10H2,1-2H3. The molecule has 0 aliphatic carbocycles. The number of aromatic nitrogens is 3. The van der Waals surface area contributed by atoms with Gasteiger partial charge in [-0.15, -0.1) is 0 Å². The van der Waals surface area contributed by atoms with Gasteiger partial charge in [0.2, 0.25) is 0 Å². The van der Waals surface area contributed by atoms with Crippen LogP contribution in [0.5, 0.6) is 0 Å². The SMILES string of the molecule is COC(=O)c1c(N)[nH]n2c(=O)cc(C)nc12. The number of hydrogen-bond acceptors (Lipinski definition) is 5. The van der Waals surface area contributed by atoms with E-state index in [-0.39, 0.29) is 22.6 Å². The Morgan fingerprint density at radius 1 is 1.62 bits per heavy atom. The van der Waals surface area contributed by atoms with Crippen LogP contribution >= 0.6 is 0 Å². The minimum atomic E-state index is -0.631. The highest BCUT2D eigenvalue weighted by atomic mass is 16.5. The van der Waals surface area contributed by atoms with E-state index >= 15 is 0 Å². The number of anilines is 1. The zero-order valence-corrected chi connectivity index (χ0v) is 8.77. The van der Waals surface area contributed by atoms with Crippen molar-refractivity contribution in [2.24, 2.45) is 0 Å². The van der Waals surface area contributed by atoms with E-state index < -0.39 is 5.97 Å². The van der Waals surface area contributed by atoms with Crippen molar-refractivity contribution in [2.45, 2.75) is 6.92 Å². The lowest BCUT2D eigenvalue weighted by Crippen LogP contribution is -2.15. The Bertz CT molecular complexity index is 625. The predicted octanol–water partition coefficient (Wildman–Crippen LogP) is -0.300. The van der Waals surface area contributed by atoms with Crippen molar-refractivity contribution in [1.29, 1.82) is 0 Å². The summed E-state index contributed by atoms with van der Waals surface area (Å²) >= 11 is 0. The summed E-state index contributed by atoms with van der Waals surface area (Å²) in [6.07, 6.45) is 0. The van der Waals surface area contributed by atoms with Crippen LogP contribution in [0.15, 0.2) is 10.9 Å². The summed E-state index contributed by atoms with van der Waals surface area (Å²) in [4.78, 5) is 27.1. The van der Waals surface area contributed by atoms with E-state index in [1.807, 2.05) is 0 Å². The number of esters is 1. The van der Waals surface area contributed by atoms with Gasteiger partial charge >= 0.3 is 5.97 Å². The zero-order chi connectivity index (χ0) is 11.9. The van der Waals surface area contributed by atoms with E-state index in [2.05, 4.69) is 14.8 Å². The maximum Gasteiger partial charge on any atom is 0.345 e. The van der Waals surface area contributed by atoms with E-state index in [1.54, 1.807) is 6.92 Å². The topological polar surface area (TPSA) is 102 Å². The third-order valence-corrected chi connectivity index (χ3v) is 2.16. The average molecular weight is 222 g/mol. The molecule has 7 nitrogen and oxygen atoms in total. The van der Waals surface area contributed by atoms with E-state index in [9.17, 15) is 9.59 Å². The number of carbonyl (C=O) groups is 1. The molecule has 2 aromatic heterocycles. The fourth-order valence-electron chi connectivity index (χ4n) is 1.47. The minimum absolute atomic E-state index is 0.0575. The van der Waals surface area contributed by atoms with Crippen molar-refractivity contribution in [3.8, 4) is 0 Å². The molecule has 2 aromatic rings. The Kier molecular flexibility index (Phi) is 2.15. The molecule has 0 atom stereocenters. The molecule has 2 rings (SSSR count). The predicted molar refractivity (Wildman–Crippen MR) is 56.3 cm³/mol. The smallest absolute Gasteiger partial charge is 0.345 e. The molecule has 0 saturated carbocycles. The van der Waals surface area contributed by atoms with Gasteiger partial charge in [0.15, 0.2) is 5.65 Å². The number of nitrogens with zero attached hydrogens (tertiary/aromatic N) is 2. The Labute approximate surface area is 89.8 Å². The van der Waals surface area contributed by atoms with Crippen molar-refractivity contribution in [2.75, 3.05) is 12.8 Å². The highest BCUT2D eigenvalue weighted by molar-refractivity contribution is 6.00. The first-order valence-corrected chi connectivity index (χ1v) is 4.50. The molecule has 0 aliphatic rings. The molecule has 0 aromatic carbocycles. The fraction of sp³-hybridized carbons (Fsp3) is 0.222. The number of aromatic amines is 1. The lowest BCUT2D eigenvalue weighted by molar-refractivity contribution is 0.0604. The van der Waals surface area contributed by atoms with Gasteiger partial charge in [-0.25, -0.2) is 9.78 Å². The molecule has 0 aliphatic heterocycles. The first-order valence-electron chi connectivity index (χ1n) is 4.50. The summed E-state index contributed by atoms with van der Waals surface area (Å²) < 4.78 is 5.67. The second kappa shape index (κ2) is 3.37. The highest BCUT2D eigenvalue weighted by Gasteiger charge is 2.19. The van der Waals surface area contributed by atoms with Gasteiger partial charge in [-0.1, -0.05) is 0 Å². The van der Waals surface area contributed by atoms with Gasteiger partial charge in [-0.05, 0) is 6.92 Å². The first-order chi connectivity index (χ1) is 7.54. The van der Waals surface area contributed by atoms with Crippen molar-refractivity contribution in [3.05, 3.63) is 27.7 Å². The Morgan fingerprint density at radius 3 is 2.94 bits per heavy atom. The minimum Gasteiger partial charge on any atom is -0.465 e. The molecule has 0 saturated heterocycles. The Hall–Kier alpha value is -2.31. The second-order valence-corrected chi connectivity index (χ2v) is 3.29. The summed E-state index contributed by atoms with van der Waals surface area (Å²) in [5, 5.41) is 2.56. The number of nitrogens with two attached hydrogens (primary N) is 1. The van der Waals surface area contributed by atoms with Crippen LogP contribution in [0.3, 0.4) is 0 Å². The molecular weight excluding hydrogens is 212 g/mol. The quantitative estimate of drug-likeness (QED) is 0.645. The summed E-state index contributed by atoms with van der Waals surface area (Å²) in [5.74, 6) is -0.573. The molecule has 0 spiro atoms. The van der Waals surface area contributed by atoms with Crippen molar-refractivity contribution < 1.29 is 9.53 Å². The van der Waals surface area contributed by atoms with Gasteiger partial charge in [0.05, 0.1) is 7.11 Å². The molecule has 0 radical (unpaired) electrons. The van der Waals surface area contributed by atoms with E-state index in [1.165, 1.54) is 13.2 Å². The summed E-state index contributed by atoms with van der Waals surface area (Å²) in [7, 11) is 1.24. The van der Waals surface area contributed by atoms with Gasteiger partial charge < -0.3 is 10.5 Å². The monoisotopic (exact) mass is 222 g/mol. The van der Waals surface area contributed by atoms with Gasteiger partial charge in [-0.2, -0.15) is 4.52 Å². The fourth-order valence-corrected chi connectivity index (χ4v) is 1.47. The van der Waals surface area contributed by atoms with Crippen LogP contribution in [0.25, 0.3) is 5.65 Å². The zero-order valence-electron chi connectivity index (χ0n) is 8.77. The van der Waals surface area contributed by atoms with Crippen LogP contribution in [-0.2, 0) is 4.74 Å². The molecule has 2 heterocycles.